The summed E-state index contributed by atoms with van der Waals surface area (Å²) in [6.07, 6.45) is 1.68. The van der Waals surface area contributed by atoms with E-state index in [9.17, 15) is 4.79 Å². The molecule has 0 saturated carbocycles. The van der Waals surface area contributed by atoms with Crippen LogP contribution in [0.3, 0.4) is 0 Å². The Morgan fingerprint density at radius 3 is 2.73 bits per heavy atom. The maximum Gasteiger partial charge on any atom is 0.274 e. The molecule has 0 bridgehead atoms. The van der Waals surface area contributed by atoms with Gasteiger partial charge in [0, 0.05) is 18.6 Å². The first-order valence-corrected chi connectivity index (χ1v) is 9.77. The zero-order chi connectivity index (χ0) is 18.1. The minimum Gasteiger partial charge on any atom is -0.334 e. The SMILES string of the molecule is C[C@H]1C[C@H](N)CCN1C(=O)c1cc(-c2cccs2)n(-c2ccccc2)n1. The van der Waals surface area contributed by atoms with Gasteiger partial charge in [-0.25, -0.2) is 4.68 Å². The van der Waals surface area contributed by atoms with Gasteiger partial charge >= 0.3 is 0 Å². The zero-order valence-corrected chi connectivity index (χ0v) is 15.5. The molecule has 2 atom stereocenters. The molecule has 6 heteroatoms. The molecule has 1 aliphatic heterocycles. The van der Waals surface area contributed by atoms with E-state index in [2.05, 4.69) is 18.1 Å². The molecule has 1 aromatic carbocycles. The van der Waals surface area contributed by atoms with Gasteiger partial charge in [0.05, 0.1) is 16.3 Å². The number of hydrogen-bond acceptors (Lipinski definition) is 4. The highest BCUT2D eigenvalue weighted by atomic mass is 32.1. The largest absolute Gasteiger partial charge is 0.334 e. The van der Waals surface area contributed by atoms with Crippen LogP contribution in [-0.4, -0.2) is 39.2 Å². The number of carbonyl (C=O) groups excluding carboxylic acids is 1. The van der Waals surface area contributed by atoms with Crippen LogP contribution in [0.2, 0.25) is 0 Å². The number of rotatable bonds is 3. The van der Waals surface area contributed by atoms with E-state index in [-0.39, 0.29) is 18.0 Å². The fourth-order valence-corrected chi connectivity index (χ4v) is 4.24. The van der Waals surface area contributed by atoms with Gasteiger partial charge in [-0.05, 0) is 49.4 Å². The number of para-hydroxylation sites is 1. The molecule has 3 aromatic rings. The van der Waals surface area contributed by atoms with Crippen molar-refractivity contribution in [2.24, 2.45) is 5.73 Å². The summed E-state index contributed by atoms with van der Waals surface area (Å²) in [5.74, 6) is -0.0168. The monoisotopic (exact) mass is 366 g/mol. The van der Waals surface area contributed by atoms with Crippen molar-refractivity contribution >= 4 is 17.2 Å². The minimum atomic E-state index is -0.0168. The van der Waals surface area contributed by atoms with E-state index in [0.717, 1.165) is 29.1 Å². The lowest BCUT2D eigenvalue weighted by Gasteiger charge is -2.35. The average Bonchev–Trinajstić information content (AvgIpc) is 3.31. The Morgan fingerprint density at radius 2 is 2.04 bits per heavy atom. The van der Waals surface area contributed by atoms with Gasteiger partial charge in [0.15, 0.2) is 5.69 Å². The third-order valence-corrected chi connectivity index (χ3v) is 5.77. The second-order valence-electron chi connectivity index (χ2n) is 6.77. The quantitative estimate of drug-likeness (QED) is 0.771. The number of piperidine rings is 1. The van der Waals surface area contributed by atoms with Gasteiger partial charge in [-0.3, -0.25) is 4.79 Å². The molecule has 0 radical (unpaired) electrons. The second kappa shape index (κ2) is 7.05. The summed E-state index contributed by atoms with van der Waals surface area (Å²) in [6.45, 7) is 2.75. The number of likely N-dealkylation sites (tertiary alicyclic amines) is 1. The van der Waals surface area contributed by atoms with Crippen LogP contribution in [0.1, 0.15) is 30.3 Å². The predicted octanol–water partition coefficient (Wildman–Crippen LogP) is 3.55. The summed E-state index contributed by atoms with van der Waals surface area (Å²) in [5.41, 5.74) is 8.41. The maximum atomic E-state index is 13.1. The van der Waals surface area contributed by atoms with Crippen LogP contribution < -0.4 is 5.73 Å². The Balaban J connectivity index is 1.73. The average molecular weight is 366 g/mol. The lowest BCUT2D eigenvalue weighted by atomic mass is 9.99. The van der Waals surface area contributed by atoms with E-state index < -0.39 is 0 Å². The predicted molar refractivity (Wildman–Crippen MR) is 105 cm³/mol. The smallest absolute Gasteiger partial charge is 0.274 e. The number of benzene rings is 1. The van der Waals surface area contributed by atoms with Crippen LogP contribution >= 0.6 is 11.3 Å². The lowest BCUT2D eigenvalue weighted by molar-refractivity contribution is 0.0612. The van der Waals surface area contributed by atoms with Crippen LogP contribution in [0.25, 0.3) is 16.3 Å². The molecule has 1 fully saturated rings. The molecule has 1 saturated heterocycles. The van der Waals surface area contributed by atoms with Gasteiger partial charge in [0.25, 0.3) is 5.91 Å². The molecule has 26 heavy (non-hydrogen) atoms. The Labute approximate surface area is 157 Å². The second-order valence-corrected chi connectivity index (χ2v) is 7.72. The van der Waals surface area contributed by atoms with E-state index in [1.54, 1.807) is 11.3 Å². The van der Waals surface area contributed by atoms with Gasteiger partial charge in [0.1, 0.15) is 0 Å². The van der Waals surface area contributed by atoms with Crippen LogP contribution in [0.4, 0.5) is 0 Å². The van der Waals surface area contributed by atoms with E-state index in [0.29, 0.717) is 12.2 Å². The van der Waals surface area contributed by atoms with Gasteiger partial charge in [0.2, 0.25) is 0 Å². The Hall–Kier alpha value is -2.44. The number of amides is 1. The topological polar surface area (TPSA) is 64.2 Å². The molecule has 3 heterocycles. The molecule has 0 aliphatic carbocycles. The Bertz CT molecular complexity index is 888. The van der Waals surface area contributed by atoms with Crippen molar-refractivity contribution < 1.29 is 4.79 Å². The molecule has 1 aliphatic rings. The van der Waals surface area contributed by atoms with Crippen molar-refractivity contribution in [3.63, 3.8) is 0 Å². The summed E-state index contributed by atoms with van der Waals surface area (Å²) in [6, 6.07) is 16.2. The third-order valence-electron chi connectivity index (χ3n) is 4.88. The van der Waals surface area contributed by atoms with Crippen LogP contribution in [0, 0.1) is 0 Å². The molecule has 4 rings (SSSR count). The maximum absolute atomic E-state index is 13.1. The lowest BCUT2D eigenvalue weighted by Crippen LogP contribution is -2.48. The number of carbonyl (C=O) groups is 1. The van der Waals surface area contributed by atoms with Crippen LogP contribution in [0.5, 0.6) is 0 Å². The molecule has 5 nitrogen and oxygen atoms in total. The fourth-order valence-electron chi connectivity index (χ4n) is 3.51. The van der Waals surface area contributed by atoms with Crippen molar-refractivity contribution in [2.75, 3.05) is 6.54 Å². The molecule has 0 unspecified atom stereocenters. The van der Waals surface area contributed by atoms with E-state index >= 15 is 0 Å². The van der Waals surface area contributed by atoms with Gasteiger partial charge in [-0.2, -0.15) is 5.10 Å². The van der Waals surface area contributed by atoms with Crippen molar-refractivity contribution in [3.05, 3.63) is 59.6 Å². The third kappa shape index (κ3) is 3.18. The van der Waals surface area contributed by atoms with Gasteiger partial charge < -0.3 is 10.6 Å². The number of hydrogen-bond donors (Lipinski definition) is 1. The molecule has 134 valence electrons. The highest BCUT2D eigenvalue weighted by Crippen LogP contribution is 2.29. The van der Waals surface area contributed by atoms with Gasteiger partial charge in [-0.15, -0.1) is 11.3 Å². The van der Waals surface area contributed by atoms with Crippen molar-refractivity contribution in [1.29, 1.82) is 0 Å². The molecule has 2 aromatic heterocycles. The van der Waals surface area contributed by atoms with Crippen LogP contribution in [-0.2, 0) is 0 Å². The van der Waals surface area contributed by atoms with E-state index in [4.69, 9.17) is 5.73 Å². The van der Waals surface area contributed by atoms with E-state index in [1.807, 2.05) is 57.4 Å². The highest BCUT2D eigenvalue weighted by Gasteiger charge is 2.30. The fraction of sp³-hybridized carbons (Fsp3) is 0.300. The highest BCUT2D eigenvalue weighted by molar-refractivity contribution is 7.13. The zero-order valence-electron chi connectivity index (χ0n) is 14.7. The number of nitrogens with two attached hydrogens (primary N) is 1. The summed E-state index contributed by atoms with van der Waals surface area (Å²) in [5, 5.41) is 6.70. The molecular weight excluding hydrogens is 344 g/mol. The molecule has 0 spiro atoms. The van der Waals surface area contributed by atoms with E-state index in [1.165, 1.54) is 0 Å². The summed E-state index contributed by atoms with van der Waals surface area (Å²) in [4.78, 5) is 16.1. The van der Waals surface area contributed by atoms with Gasteiger partial charge in [-0.1, -0.05) is 24.3 Å². The minimum absolute atomic E-state index is 0.0168. The van der Waals surface area contributed by atoms with Crippen LogP contribution in [0.15, 0.2) is 53.9 Å². The van der Waals surface area contributed by atoms with Crippen molar-refractivity contribution in [1.82, 2.24) is 14.7 Å². The summed E-state index contributed by atoms with van der Waals surface area (Å²) in [7, 11) is 0. The first-order valence-electron chi connectivity index (χ1n) is 8.89. The first-order chi connectivity index (χ1) is 12.6. The summed E-state index contributed by atoms with van der Waals surface area (Å²) < 4.78 is 1.86. The summed E-state index contributed by atoms with van der Waals surface area (Å²) >= 11 is 1.64. The molecule has 1 amide bonds. The normalized spacial score (nSPS) is 20.3. The number of nitrogens with zero attached hydrogens (tertiary/aromatic N) is 3. The number of thiophene rings is 1. The number of aromatic nitrogens is 2. The Morgan fingerprint density at radius 1 is 1.23 bits per heavy atom. The Kier molecular flexibility index (Phi) is 4.61. The standard InChI is InChI=1S/C20H22N4OS/c1-14-12-15(21)9-10-23(14)20(25)17-13-18(19-8-5-11-26-19)24(22-17)16-6-3-2-4-7-16/h2-8,11,13-15H,9-10,12,21H2,1H3/t14-,15+/m0/s1. The molecular formula is C20H22N4OS. The van der Waals surface area contributed by atoms with Crippen molar-refractivity contribution in [3.8, 4) is 16.3 Å². The van der Waals surface area contributed by atoms with Crippen molar-refractivity contribution in [2.45, 2.75) is 31.8 Å². The first kappa shape index (κ1) is 17.0. The molecule has 2 N–H and O–H groups in total.